The summed E-state index contributed by atoms with van der Waals surface area (Å²) >= 11 is 0. The van der Waals surface area contributed by atoms with Crippen LogP contribution in [0.5, 0.6) is 0 Å². The summed E-state index contributed by atoms with van der Waals surface area (Å²) in [5.74, 6) is -0.530. The van der Waals surface area contributed by atoms with Gasteiger partial charge in [-0.05, 0) is 57.5 Å². The Hall–Kier alpha value is -3.61. The topological polar surface area (TPSA) is 92.6 Å². The van der Waals surface area contributed by atoms with Gasteiger partial charge in [0.05, 0.1) is 26.0 Å². The number of ether oxygens (including phenoxy) is 1. The van der Waals surface area contributed by atoms with Crippen molar-refractivity contribution in [3.05, 3.63) is 82.1 Å². The number of carbonyl (C=O) groups is 3. The molecule has 0 unspecified atom stereocenters. The molecular formula is C24H26N2O5. The summed E-state index contributed by atoms with van der Waals surface area (Å²) < 4.78 is 10.2. The van der Waals surface area contributed by atoms with Gasteiger partial charge >= 0.3 is 5.97 Å². The number of aromatic amines is 1. The fourth-order valence-corrected chi connectivity index (χ4v) is 3.59. The molecule has 3 aromatic rings. The van der Waals surface area contributed by atoms with Crippen LogP contribution in [0.3, 0.4) is 0 Å². The highest BCUT2D eigenvalue weighted by Gasteiger charge is 2.32. The number of nitrogens with one attached hydrogen (secondary N) is 1. The lowest BCUT2D eigenvalue weighted by Crippen LogP contribution is -2.43. The first kappa shape index (κ1) is 22.1. The molecule has 3 rings (SSSR count). The van der Waals surface area contributed by atoms with Crippen molar-refractivity contribution in [1.29, 1.82) is 0 Å². The largest absolute Gasteiger partial charge is 0.467 e. The number of aryl methyl sites for hydroxylation is 2. The van der Waals surface area contributed by atoms with Crippen molar-refractivity contribution in [1.82, 2.24) is 9.88 Å². The summed E-state index contributed by atoms with van der Waals surface area (Å²) in [5, 5.41) is 0. The van der Waals surface area contributed by atoms with Gasteiger partial charge in [-0.25, -0.2) is 4.79 Å². The number of carbonyl (C=O) groups excluding carboxylic acids is 3. The third kappa shape index (κ3) is 4.45. The van der Waals surface area contributed by atoms with E-state index in [1.165, 1.54) is 18.3 Å². The van der Waals surface area contributed by atoms with E-state index in [1.807, 2.05) is 19.1 Å². The Labute approximate surface area is 181 Å². The first-order valence-corrected chi connectivity index (χ1v) is 9.96. The van der Waals surface area contributed by atoms with Crippen LogP contribution in [-0.4, -0.2) is 40.7 Å². The van der Waals surface area contributed by atoms with E-state index in [4.69, 9.17) is 9.15 Å². The minimum absolute atomic E-state index is 0.138. The van der Waals surface area contributed by atoms with Gasteiger partial charge in [0.15, 0.2) is 5.78 Å². The summed E-state index contributed by atoms with van der Waals surface area (Å²) in [6, 6.07) is 9.89. The lowest BCUT2D eigenvalue weighted by molar-refractivity contribution is 0.0590. The highest BCUT2D eigenvalue weighted by molar-refractivity contribution is 6.07. The molecule has 0 fully saturated rings. The van der Waals surface area contributed by atoms with Crippen LogP contribution < -0.4 is 0 Å². The van der Waals surface area contributed by atoms with E-state index >= 15 is 0 Å². The Bertz CT molecular complexity index is 1090. The van der Waals surface area contributed by atoms with Crippen molar-refractivity contribution in [2.45, 2.75) is 40.3 Å². The highest BCUT2D eigenvalue weighted by Crippen LogP contribution is 2.24. The molecule has 2 aromatic heterocycles. The van der Waals surface area contributed by atoms with E-state index in [1.54, 1.807) is 45.0 Å². The number of amides is 1. The number of methoxy groups -OCH3 is 1. The summed E-state index contributed by atoms with van der Waals surface area (Å²) in [6.07, 6.45) is 1.53. The van der Waals surface area contributed by atoms with Gasteiger partial charge in [-0.15, -0.1) is 0 Å². The number of H-pyrrole nitrogens is 1. The van der Waals surface area contributed by atoms with E-state index in [-0.39, 0.29) is 23.9 Å². The fourth-order valence-electron chi connectivity index (χ4n) is 3.59. The van der Waals surface area contributed by atoms with Gasteiger partial charge in [0.25, 0.3) is 5.91 Å². The van der Waals surface area contributed by atoms with Crippen molar-refractivity contribution < 1.29 is 23.5 Å². The molecule has 0 bridgehead atoms. The second-order valence-corrected chi connectivity index (χ2v) is 7.54. The highest BCUT2D eigenvalue weighted by atomic mass is 16.5. The molecule has 31 heavy (non-hydrogen) atoms. The second-order valence-electron chi connectivity index (χ2n) is 7.54. The number of ketones is 1. The Morgan fingerprint density at radius 3 is 2.35 bits per heavy atom. The molecule has 0 aliphatic rings. The summed E-state index contributed by atoms with van der Waals surface area (Å²) in [7, 11) is 1.29. The number of hydrogen-bond donors (Lipinski definition) is 1. The number of Topliss-reactive ketones (excluding diaryl/α,β-unsaturated/α-hetero) is 1. The predicted molar refractivity (Wildman–Crippen MR) is 115 cm³/mol. The van der Waals surface area contributed by atoms with Crippen LogP contribution in [0, 0.1) is 20.8 Å². The van der Waals surface area contributed by atoms with Crippen LogP contribution in [0.1, 0.15) is 60.7 Å². The average Bonchev–Trinajstić information content (AvgIpc) is 3.38. The van der Waals surface area contributed by atoms with Gasteiger partial charge in [-0.3, -0.25) is 9.59 Å². The quantitative estimate of drug-likeness (QED) is 0.454. The molecule has 0 radical (unpaired) electrons. The second kappa shape index (κ2) is 9.04. The minimum Gasteiger partial charge on any atom is -0.467 e. The predicted octanol–water partition coefficient (Wildman–Crippen LogP) is 4.23. The molecule has 7 heteroatoms. The standard InChI is InChI=1S/C24H26N2O5/c1-14-8-10-18(11-9-14)23(28)26(13-19-7-6-12-31-19)17(4)22(27)20-15(2)21(24(29)30-5)25-16(20)3/h6-12,17,25H,13H2,1-5H3/t17-/m0/s1. The molecule has 0 aliphatic heterocycles. The monoisotopic (exact) mass is 422 g/mol. The first-order chi connectivity index (χ1) is 14.7. The van der Waals surface area contributed by atoms with Crippen molar-refractivity contribution in [3.8, 4) is 0 Å². The maximum atomic E-state index is 13.5. The van der Waals surface area contributed by atoms with Crippen molar-refractivity contribution in [2.75, 3.05) is 7.11 Å². The Balaban J connectivity index is 1.98. The van der Waals surface area contributed by atoms with Gasteiger partial charge in [-0.2, -0.15) is 0 Å². The van der Waals surface area contributed by atoms with E-state index < -0.39 is 12.0 Å². The molecule has 1 amide bonds. The number of esters is 1. The van der Waals surface area contributed by atoms with Crippen LogP contribution in [0.25, 0.3) is 0 Å². The van der Waals surface area contributed by atoms with Gasteiger partial charge in [0, 0.05) is 16.8 Å². The summed E-state index contributed by atoms with van der Waals surface area (Å²) in [4.78, 5) is 43.2. The van der Waals surface area contributed by atoms with Gasteiger partial charge in [0.2, 0.25) is 0 Å². The molecule has 0 spiro atoms. The number of furan rings is 1. The van der Waals surface area contributed by atoms with Crippen LogP contribution in [0.4, 0.5) is 0 Å². The van der Waals surface area contributed by atoms with Crippen molar-refractivity contribution in [2.24, 2.45) is 0 Å². The molecule has 2 heterocycles. The molecule has 0 aliphatic carbocycles. The van der Waals surface area contributed by atoms with Crippen molar-refractivity contribution >= 4 is 17.7 Å². The van der Waals surface area contributed by atoms with E-state index in [2.05, 4.69) is 4.98 Å². The van der Waals surface area contributed by atoms with E-state index in [0.29, 0.717) is 28.1 Å². The molecule has 1 atom stereocenters. The lowest BCUT2D eigenvalue weighted by Gasteiger charge is -2.28. The van der Waals surface area contributed by atoms with Crippen LogP contribution in [0.15, 0.2) is 47.1 Å². The average molecular weight is 422 g/mol. The number of nitrogens with zero attached hydrogens (tertiary/aromatic N) is 1. The number of hydrogen-bond acceptors (Lipinski definition) is 5. The molecular weight excluding hydrogens is 396 g/mol. The normalized spacial score (nSPS) is 11.8. The number of benzene rings is 1. The third-order valence-corrected chi connectivity index (χ3v) is 5.39. The van der Waals surface area contributed by atoms with E-state index in [0.717, 1.165) is 5.56 Å². The van der Waals surface area contributed by atoms with Gasteiger partial charge in [-0.1, -0.05) is 17.7 Å². The smallest absolute Gasteiger partial charge is 0.354 e. The molecule has 0 saturated heterocycles. The molecule has 7 nitrogen and oxygen atoms in total. The Kier molecular flexibility index (Phi) is 6.44. The lowest BCUT2D eigenvalue weighted by atomic mass is 9.99. The molecule has 0 saturated carbocycles. The minimum atomic E-state index is -0.794. The fraction of sp³-hybridized carbons (Fsp3) is 0.292. The zero-order valence-electron chi connectivity index (χ0n) is 18.3. The van der Waals surface area contributed by atoms with E-state index in [9.17, 15) is 14.4 Å². The van der Waals surface area contributed by atoms with Crippen LogP contribution in [0.2, 0.25) is 0 Å². The van der Waals surface area contributed by atoms with Crippen molar-refractivity contribution in [3.63, 3.8) is 0 Å². The summed E-state index contributed by atoms with van der Waals surface area (Å²) in [6.45, 7) is 7.17. The molecule has 1 N–H and O–H groups in total. The third-order valence-electron chi connectivity index (χ3n) is 5.39. The number of aromatic nitrogens is 1. The maximum absolute atomic E-state index is 13.5. The number of rotatable bonds is 7. The van der Waals surface area contributed by atoms with Gasteiger partial charge in [0.1, 0.15) is 11.5 Å². The zero-order chi connectivity index (χ0) is 22.7. The Morgan fingerprint density at radius 1 is 1.10 bits per heavy atom. The first-order valence-electron chi connectivity index (χ1n) is 9.96. The van der Waals surface area contributed by atoms with Gasteiger partial charge < -0.3 is 19.0 Å². The Morgan fingerprint density at radius 2 is 1.77 bits per heavy atom. The van der Waals surface area contributed by atoms with Crippen LogP contribution >= 0.6 is 0 Å². The zero-order valence-corrected chi connectivity index (χ0v) is 18.3. The maximum Gasteiger partial charge on any atom is 0.354 e. The SMILES string of the molecule is COC(=O)c1[nH]c(C)c(C(=O)[C@H](C)N(Cc2ccco2)C(=O)c2ccc(C)cc2)c1C. The molecule has 1 aromatic carbocycles. The summed E-state index contributed by atoms with van der Waals surface area (Å²) in [5.41, 5.74) is 3.19. The van der Waals surface area contributed by atoms with Crippen LogP contribution in [-0.2, 0) is 11.3 Å². The molecule has 162 valence electrons.